The van der Waals surface area contributed by atoms with Crippen molar-refractivity contribution in [3.05, 3.63) is 29.6 Å². The van der Waals surface area contributed by atoms with Crippen LogP contribution in [0.2, 0.25) is 0 Å². The third kappa shape index (κ3) is 4.12. The molecule has 2 N–H and O–H groups in total. The number of nitrogens with one attached hydrogen (secondary N) is 2. The van der Waals surface area contributed by atoms with Gasteiger partial charge >= 0.3 is 6.03 Å². The molecule has 25 heavy (non-hydrogen) atoms. The number of aromatic nitrogens is 1. The predicted molar refractivity (Wildman–Crippen MR) is 95.5 cm³/mol. The standard InChI is InChI=1S/C19H29N3O3/c1-3-25-17-13-16(19(17)8-11-24-12-9-19)22-18(23)20-10-7-15-6-4-5-14(2)21-15/h4-6,16-17H,3,7-13H2,1-2H3,(H2,20,22,23)/t16-,17+/m1/s1. The molecule has 2 aliphatic rings. The Morgan fingerprint density at radius 1 is 1.40 bits per heavy atom. The summed E-state index contributed by atoms with van der Waals surface area (Å²) in [5.41, 5.74) is 2.05. The van der Waals surface area contributed by atoms with E-state index in [0.29, 0.717) is 6.54 Å². The highest BCUT2D eigenvalue weighted by Gasteiger charge is 2.56. The smallest absolute Gasteiger partial charge is 0.315 e. The molecule has 1 aliphatic carbocycles. The summed E-state index contributed by atoms with van der Waals surface area (Å²) in [6, 6.07) is 6.03. The van der Waals surface area contributed by atoms with Crippen molar-refractivity contribution in [1.29, 1.82) is 0 Å². The van der Waals surface area contributed by atoms with Crippen LogP contribution >= 0.6 is 0 Å². The van der Waals surface area contributed by atoms with E-state index in [0.717, 1.165) is 56.9 Å². The Bertz CT molecular complexity index is 587. The number of pyridine rings is 1. The van der Waals surface area contributed by atoms with Gasteiger partial charge in [0.05, 0.1) is 6.10 Å². The van der Waals surface area contributed by atoms with E-state index in [1.165, 1.54) is 0 Å². The lowest BCUT2D eigenvalue weighted by atomic mass is 9.57. The molecule has 2 heterocycles. The lowest BCUT2D eigenvalue weighted by Gasteiger charge is -2.57. The summed E-state index contributed by atoms with van der Waals surface area (Å²) in [5, 5.41) is 6.11. The Kier molecular flexibility index (Phi) is 5.91. The van der Waals surface area contributed by atoms with E-state index >= 15 is 0 Å². The normalized spacial score (nSPS) is 24.6. The van der Waals surface area contributed by atoms with Crippen molar-refractivity contribution in [1.82, 2.24) is 15.6 Å². The third-order valence-corrected chi connectivity index (χ3v) is 5.49. The topological polar surface area (TPSA) is 72.5 Å². The number of urea groups is 1. The molecular formula is C19H29N3O3. The van der Waals surface area contributed by atoms with Crippen molar-refractivity contribution in [2.75, 3.05) is 26.4 Å². The van der Waals surface area contributed by atoms with Gasteiger partial charge in [-0.3, -0.25) is 4.98 Å². The van der Waals surface area contributed by atoms with Crippen LogP contribution < -0.4 is 10.6 Å². The fraction of sp³-hybridized carbons (Fsp3) is 0.684. The molecule has 1 aromatic heterocycles. The summed E-state index contributed by atoms with van der Waals surface area (Å²) < 4.78 is 11.4. The van der Waals surface area contributed by atoms with Crippen molar-refractivity contribution >= 4 is 6.03 Å². The number of rotatable bonds is 6. The molecule has 1 spiro atoms. The fourth-order valence-corrected chi connectivity index (χ4v) is 4.06. The molecule has 0 unspecified atom stereocenters. The van der Waals surface area contributed by atoms with Crippen molar-refractivity contribution in [2.24, 2.45) is 5.41 Å². The van der Waals surface area contributed by atoms with E-state index in [4.69, 9.17) is 9.47 Å². The van der Waals surface area contributed by atoms with Crippen LogP contribution in [-0.2, 0) is 15.9 Å². The second kappa shape index (κ2) is 8.15. The van der Waals surface area contributed by atoms with E-state index in [2.05, 4.69) is 15.6 Å². The summed E-state index contributed by atoms with van der Waals surface area (Å²) in [7, 11) is 0. The van der Waals surface area contributed by atoms with E-state index in [1.54, 1.807) is 0 Å². The summed E-state index contributed by atoms with van der Waals surface area (Å²) in [4.78, 5) is 16.7. The molecule has 2 amide bonds. The Balaban J connectivity index is 1.47. The number of hydrogen-bond donors (Lipinski definition) is 2. The van der Waals surface area contributed by atoms with Crippen LogP contribution in [0.4, 0.5) is 4.79 Å². The lowest BCUT2D eigenvalue weighted by Crippen LogP contribution is -2.67. The van der Waals surface area contributed by atoms with Crippen molar-refractivity contribution in [3.63, 3.8) is 0 Å². The van der Waals surface area contributed by atoms with Crippen LogP contribution in [0.15, 0.2) is 18.2 Å². The van der Waals surface area contributed by atoms with Crippen LogP contribution in [-0.4, -0.2) is 49.5 Å². The zero-order valence-electron chi connectivity index (χ0n) is 15.2. The molecule has 1 saturated carbocycles. The zero-order valence-corrected chi connectivity index (χ0v) is 15.2. The van der Waals surface area contributed by atoms with E-state index in [9.17, 15) is 4.79 Å². The van der Waals surface area contributed by atoms with Gasteiger partial charge in [-0.05, 0) is 45.2 Å². The summed E-state index contributed by atoms with van der Waals surface area (Å²) in [6.07, 6.45) is 3.77. The van der Waals surface area contributed by atoms with Gasteiger partial charge in [0.2, 0.25) is 0 Å². The minimum absolute atomic E-state index is 0.0453. The van der Waals surface area contributed by atoms with Crippen LogP contribution in [0.5, 0.6) is 0 Å². The number of aryl methyl sites for hydroxylation is 1. The highest BCUT2D eigenvalue weighted by atomic mass is 16.5. The first kappa shape index (κ1) is 18.1. The number of ether oxygens (including phenoxy) is 2. The van der Waals surface area contributed by atoms with Gasteiger partial charge in [0.15, 0.2) is 0 Å². The second-order valence-electron chi connectivity index (χ2n) is 7.00. The fourth-order valence-electron chi connectivity index (χ4n) is 4.06. The molecule has 1 saturated heterocycles. The third-order valence-electron chi connectivity index (χ3n) is 5.49. The van der Waals surface area contributed by atoms with Gasteiger partial charge in [-0.2, -0.15) is 0 Å². The minimum atomic E-state index is -0.0986. The molecule has 6 nitrogen and oxygen atoms in total. The number of amides is 2. The number of carbonyl (C=O) groups is 1. The Labute approximate surface area is 149 Å². The van der Waals surface area contributed by atoms with Crippen LogP contribution in [0.25, 0.3) is 0 Å². The monoisotopic (exact) mass is 347 g/mol. The molecule has 0 bridgehead atoms. The van der Waals surface area contributed by atoms with E-state index in [-0.39, 0.29) is 23.6 Å². The number of nitrogens with zero attached hydrogens (tertiary/aromatic N) is 1. The van der Waals surface area contributed by atoms with E-state index < -0.39 is 0 Å². The molecule has 1 aliphatic heterocycles. The predicted octanol–water partition coefficient (Wildman–Crippen LogP) is 2.21. The summed E-state index contributed by atoms with van der Waals surface area (Å²) in [6.45, 7) is 6.81. The Morgan fingerprint density at radius 2 is 2.20 bits per heavy atom. The molecule has 0 aromatic carbocycles. The van der Waals surface area contributed by atoms with Crippen LogP contribution in [0, 0.1) is 12.3 Å². The number of hydrogen-bond acceptors (Lipinski definition) is 4. The van der Waals surface area contributed by atoms with Gasteiger partial charge in [-0.15, -0.1) is 0 Å². The molecule has 138 valence electrons. The zero-order chi connectivity index (χ0) is 17.7. The first-order valence-corrected chi connectivity index (χ1v) is 9.30. The van der Waals surface area contributed by atoms with Gasteiger partial charge in [0.25, 0.3) is 0 Å². The average Bonchev–Trinajstić information content (AvgIpc) is 2.62. The minimum Gasteiger partial charge on any atom is -0.381 e. The van der Waals surface area contributed by atoms with Gasteiger partial charge in [-0.25, -0.2) is 4.79 Å². The largest absolute Gasteiger partial charge is 0.381 e. The molecule has 0 radical (unpaired) electrons. The molecule has 3 rings (SSSR count). The molecule has 1 aromatic rings. The first-order valence-electron chi connectivity index (χ1n) is 9.30. The maximum absolute atomic E-state index is 12.3. The van der Waals surface area contributed by atoms with E-state index in [1.807, 2.05) is 32.0 Å². The Hall–Kier alpha value is -1.66. The Morgan fingerprint density at radius 3 is 2.92 bits per heavy atom. The average molecular weight is 347 g/mol. The molecule has 6 heteroatoms. The SMILES string of the molecule is CCO[C@H]1C[C@@H](NC(=O)NCCc2cccc(C)n2)C12CCOCC2. The maximum atomic E-state index is 12.3. The molecule has 2 atom stereocenters. The second-order valence-corrected chi connectivity index (χ2v) is 7.00. The van der Waals surface area contributed by atoms with Gasteiger partial charge < -0.3 is 20.1 Å². The van der Waals surface area contributed by atoms with Crippen LogP contribution in [0.1, 0.15) is 37.6 Å². The maximum Gasteiger partial charge on any atom is 0.315 e. The highest BCUT2D eigenvalue weighted by molar-refractivity contribution is 5.74. The number of carbonyl (C=O) groups excluding carboxylic acids is 1. The quantitative estimate of drug-likeness (QED) is 0.827. The van der Waals surface area contributed by atoms with Crippen molar-refractivity contribution in [3.8, 4) is 0 Å². The summed E-state index contributed by atoms with van der Waals surface area (Å²) in [5.74, 6) is 0. The van der Waals surface area contributed by atoms with Crippen molar-refractivity contribution < 1.29 is 14.3 Å². The first-order chi connectivity index (χ1) is 12.1. The van der Waals surface area contributed by atoms with Crippen LogP contribution in [0.3, 0.4) is 0 Å². The van der Waals surface area contributed by atoms with Gasteiger partial charge in [-0.1, -0.05) is 6.07 Å². The van der Waals surface area contributed by atoms with Crippen molar-refractivity contribution in [2.45, 2.75) is 51.7 Å². The summed E-state index contributed by atoms with van der Waals surface area (Å²) >= 11 is 0. The molecular weight excluding hydrogens is 318 g/mol. The highest BCUT2D eigenvalue weighted by Crippen LogP contribution is 2.50. The van der Waals surface area contributed by atoms with Gasteiger partial charge in [0.1, 0.15) is 0 Å². The van der Waals surface area contributed by atoms with Gasteiger partial charge in [0, 0.05) is 55.6 Å². The molecule has 2 fully saturated rings. The lowest BCUT2D eigenvalue weighted by molar-refractivity contribution is -0.169.